The zero-order chi connectivity index (χ0) is 15.3. The smallest absolute Gasteiger partial charge is 0.328 e. The molecule has 2 N–H and O–H groups in total. The van der Waals surface area contributed by atoms with Crippen molar-refractivity contribution in [3.8, 4) is 0 Å². The largest absolute Gasteiger partial charge is 0.458 e. The Kier molecular flexibility index (Phi) is 5.07. The Morgan fingerprint density at radius 2 is 1.75 bits per heavy atom. The first-order chi connectivity index (χ1) is 9.17. The summed E-state index contributed by atoms with van der Waals surface area (Å²) in [5.41, 5.74) is -0.180. The van der Waals surface area contributed by atoms with Crippen LogP contribution in [0, 0.1) is 5.82 Å². The number of urea groups is 1. The summed E-state index contributed by atoms with van der Waals surface area (Å²) in [5.74, 6) is -0.912. The molecule has 6 heteroatoms. The molecule has 1 aromatic carbocycles. The van der Waals surface area contributed by atoms with Crippen molar-refractivity contribution in [2.45, 2.75) is 39.3 Å². The van der Waals surface area contributed by atoms with Crippen LogP contribution >= 0.6 is 0 Å². The molecule has 0 heterocycles. The van der Waals surface area contributed by atoms with Crippen LogP contribution in [-0.2, 0) is 9.53 Å². The van der Waals surface area contributed by atoms with Crippen LogP contribution in [0.15, 0.2) is 24.3 Å². The molecular formula is C14H19FN2O3. The molecule has 0 spiro atoms. The fraction of sp³-hybridized carbons (Fsp3) is 0.429. The van der Waals surface area contributed by atoms with E-state index in [0.29, 0.717) is 5.69 Å². The third-order valence-corrected chi connectivity index (χ3v) is 2.21. The Bertz CT molecular complexity index is 480. The van der Waals surface area contributed by atoms with Crippen LogP contribution in [0.25, 0.3) is 0 Å². The second-order valence-corrected chi connectivity index (χ2v) is 5.36. The first-order valence-electron chi connectivity index (χ1n) is 6.23. The van der Waals surface area contributed by atoms with E-state index in [1.807, 2.05) is 0 Å². The van der Waals surface area contributed by atoms with Gasteiger partial charge < -0.3 is 15.4 Å². The van der Waals surface area contributed by atoms with Gasteiger partial charge in [0.15, 0.2) is 0 Å². The lowest BCUT2D eigenvalue weighted by molar-refractivity contribution is -0.156. The number of carbonyl (C=O) groups excluding carboxylic acids is 2. The van der Waals surface area contributed by atoms with Gasteiger partial charge in [-0.15, -0.1) is 0 Å². The highest BCUT2D eigenvalue weighted by molar-refractivity contribution is 5.92. The predicted octanol–water partition coefficient (Wildman–Crippen LogP) is 2.68. The van der Waals surface area contributed by atoms with Crippen LogP contribution in [-0.4, -0.2) is 23.6 Å². The molecule has 1 aromatic rings. The minimum absolute atomic E-state index is 0.391. The van der Waals surface area contributed by atoms with E-state index in [4.69, 9.17) is 4.74 Å². The summed E-state index contributed by atoms with van der Waals surface area (Å²) in [4.78, 5) is 23.3. The molecule has 5 nitrogen and oxygen atoms in total. The number of nitrogens with one attached hydrogen (secondary N) is 2. The van der Waals surface area contributed by atoms with E-state index in [-0.39, 0.29) is 0 Å². The van der Waals surface area contributed by atoms with Crippen molar-refractivity contribution in [3.63, 3.8) is 0 Å². The van der Waals surface area contributed by atoms with Gasteiger partial charge in [-0.25, -0.2) is 14.0 Å². The number of amides is 2. The van der Waals surface area contributed by atoms with E-state index >= 15 is 0 Å². The van der Waals surface area contributed by atoms with Gasteiger partial charge in [-0.3, -0.25) is 0 Å². The van der Waals surface area contributed by atoms with Gasteiger partial charge in [0.25, 0.3) is 0 Å². The number of rotatable bonds is 3. The summed E-state index contributed by atoms with van der Waals surface area (Å²) in [5, 5.41) is 4.94. The molecule has 0 aliphatic carbocycles. The van der Waals surface area contributed by atoms with Crippen LogP contribution in [0.5, 0.6) is 0 Å². The van der Waals surface area contributed by atoms with Crippen LogP contribution in [0.3, 0.4) is 0 Å². The van der Waals surface area contributed by atoms with E-state index in [9.17, 15) is 14.0 Å². The number of carbonyl (C=O) groups is 2. The van der Waals surface area contributed by atoms with Crippen molar-refractivity contribution in [2.24, 2.45) is 0 Å². The number of anilines is 1. The Labute approximate surface area is 117 Å². The predicted molar refractivity (Wildman–Crippen MR) is 73.9 cm³/mol. The van der Waals surface area contributed by atoms with E-state index < -0.39 is 29.5 Å². The minimum Gasteiger partial charge on any atom is -0.458 e. The minimum atomic E-state index is -0.783. The second kappa shape index (κ2) is 6.36. The number of esters is 1. The molecule has 1 atom stereocenters. The van der Waals surface area contributed by atoms with Gasteiger partial charge >= 0.3 is 12.0 Å². The van der Waals surface area contributed by atoms with Gasteiger partial charge in [-0.05, 0) is 52.0 Å². The summed E-state index contributed by atoms with van der Waals surface area (Å²) in [7, 11) is 0. The van der Waals surface area contributed by atoms with Crippen LogP contribution in [0.4, 0.5) is 14.9 Å². The molecule has 0 aliphatic heterocycles. The summed E-state index contributed by atoms with van der Waals surface area (Å²) in [6, 6.07) is 3.96. The highest BCUT2D eigenvalue weighted by Crippen LogP contribution is 2.09. The molecule has 0 saturated carbocycles. The highest BCUT2D eigenvalue weighted by Gasteiger charge is 2.22. The van der Waals surface area contributed by atoms with Crippen LogP contribution < -0.4 is 10.6 Å². The molecule has 0 bridgehead atoms. The molecule has 0 aliphatic rings. The van der Waals surface area contributed by atoms with Gasteiger partial charge in [0, 0.05) is 5.69 Å². The third kappa shape index (κ3) is 5.69. The van der Waals surface area contributed by atoms with Crippen molar-refractivity contribution in [1.82, 2.24) is 5.32 Å². The maximum atomic E-state index is 12.7. The van der Waals surface area contributed by atoms with Crippen molar-refractivity contribution in [3.05, 3.63) is 30.1 Å². The fourth-order valence-electron chi connectivity index (χ4n) is 1.35. The molecule has 110 valence electrons. The lowest BCUT2D eigenvalue weighted by Gasteiger charge is -2.22. The van der Waals surface area contributed by atoms with Crippen molar-refractivity contribution in [2.75, 3.05) is 5.32 Å². The van der Waals surface area contributed by atoms with E-state index in [1.54, 1.807) is 20.8 Å². The Hall–Kier alpha value is -2.11. The topological polar surface area (TPSA) is 67.4 Å². The quantitative estimate of drug-likeness (QED) is 0.838. The van der Waals surface area contributed by atoms with Crippen LogP contribution in [0.1, 0.15) is 27.7 Å². The first-order valence-corrected chi connectivity index (χ1v) is 6.23. The van der Waals surface area contributed by atoms with Crippen molar-refractivity contribution >= 4 is 17.7 Å². The standard InChI is InChI=1S/C14H19FN2O3/c1-9(12(18)20-14(2,3)4)16-13(19)17-11-7-5-10(15)6-8-11/h5-9H,1-4H3,(H2,16,17,19)/t9-/m1/s1. The average molecular weight is 282 g/mol. The Morgan fingerprint density at radius 1 is 1.20 bits per heavy atom. The average Bonchev–Trinajstić information content (AvgIpc) is 2.29. The number of halogens is 1. The lowest BCUT2D eigenvalue weighted by Crippen LogP contribution is -2.43. The summed E-state index contributed by atoms with van der Waals surface area (Å²) < 4.78 is 17.8. The number of benzene rings is 1. The third-order valence-electron chi connectivity index (χ3n) is 2.21. The molecule has 1 rings (SSSR count). The van der Waals surface area contributed by atoms with Gasteiger partial charge in [0.1, 0.15) is 17.5 Å². The summed E-state index contributed by atoms with van der Waals surface area (Å²) in [6.45, 7) is 6.76. The monoisotopic (exact) mass is 282 g/mol. The van der Waals surface area contributed by atoms with Crippen molar-refractivity contribution < 1.29 is 18.7 Å². The van der Waals surface area contributed by atoms with Crippen molar-refractivity contribution in [1.29, 1.82) is 0 Å². The molecular weight excluding hydrogens is 263 g/mol. The van der Waals surface area contributed by atoms with E-state index in [2.05, 4.69) is 10.6 Å². The van der Waals surface area contributed by atoms with Crippen LogP contribution in [0.2, 0.25) is 0 Å². The molecule has 0 saturated heterocycles. The molecule has 0 unspecified atom stereocenters. The lowest BCUT2D eigenvalue weighted by atomic mass is 10.2. The number of hydrogen-bond donors (Lipinski definition) is 2. The Morgan fingerprint density at radius 3 is 2.25 bits per heavy atom. The molecule has 2 amide bonds. The zero-order valence-electron chi connectivity index (χ0n) is 12.0. The van der Waals surface area contributed by atoms with E-state index in [0.717, 1.165) is 0 Å². The SMILES string of the molecule is C[C@@H](NC(=O)Nc1ccc(F)cc1)C(=O)OC(C)(C)C. The molecule has 20 heavy (non-hydrogen) atoms. The maximum absolute atomic E-state index is 12.7. The normalized spacial score (nSPS) is 12.4. The van der Waals surface area contributed by atoms with Gasteiger partial charge in [0.05, 0.1) is 0 Å². The molecule has 0 aromatic heterocycles. The van der Waals surface area contributed by atoms with Gasteiger partial charge in [0.2, 0.25) is 0 Å². The zero-order valence-corrected chi connectivity index (χ0v) is 12.0. The highest BCUT2D eigenvalue weighted by atomic mass is 19.1. The molecule has 0 fully saturated rings. The summed E-state index contributed by atoms with van der Waals surface area (Å²) in [6.07, 6.45) is 0. The Balaban J connectivity index is 2.49. The number of hydrogen-bond acceptors (Lipinski definition) is 3. The number of ether oxygens (including phenoxy) is 1. The first kappa shape index (κ1) is 15.9. The second-order valence-electron chi connectivity index (χ2n) is 5.36. The van der Waals surface area contributed by atoms with E-state index in [1.165, 1.54) is 31.2 Å². The summed E-state index contributed by atoms with van der Waals surface area (Å²) >= 11 is 0. The maximum Gasteiger partial charge on any atom is 0.328 e. The molecule has 0 radical (unpaired) electrons. The van der Waals surface area contributed by atoms with Gasteiger partial charge in [-0.2, -0.15) is 0 Å². The fourth-order valence-corrected chi connectivity index (χ4v) is 1.35. The van der Waals surface area contributed by atoms with Gasteiger partial charge in [-0.1, -0.05) is 0 Å².